The van der Waals surface area contributed by atoms with E-state index in [1.54, 1.807) is 25.3 Å². The van der Waals surface area contributed by atoms with Crippen LogP contribution in [0.25, 0.3) is 0 Å². The number of benzene rings is 2. The van der Waals surface area contributed by atoms with Crippen LogP contribution in [0.2, 0.25) is 0 Å². The predicted molar refractivity (Wildman–Crippen MR) is 92.5 cm³/mol. The Labute approximate surface area is 138 Å². The largest absolute Gasteiger partial charge is 0.397 e. The first-order valence-corrected chi connectivity index (χ1v) is 7.58. The summed E-state index contributed by atoms with van der Waals surface area (Å²) in [6.07, 6.45) is 0. The summed E-state index contributed by atoms with van der Waals surface area (Å²) < 4.78 is 5.90. The predicted octanol–water partition coefficient (Wildman–Crippen LogP) is 3.15. The first-order chi connectivity index (χ1) is 10.6. The number of ether oxygens (including phenoxy) is 1. The molecule has 1 amide bonds. The molecule has 116 valence electrons. The molecule has 5 nitrogen and oxygen atoms in total. The van der Waals surface area contributed by atoms with Crippen LogP contribution >= 0.6 is 15.9 Å². The van der Waals surface area contributed by atoms with E-state index < -0.39 is 0 Å². The molecule has 2 rings (SSSR count). The van der Waals surface area contributed by atoms with Crippen LogP contribution in [0.1, 0.15) is 10.4 Å². The molecular formula is C16H18BrN3O2. The second-order valence-electron chi connectivity index (χ2n) is 4.68. The smallest absolute Gasteiger partial charge is 0.251 e. The van der Waals surface area contributed by atoms with Crippen LogP contribution in [-0.2, 0) is 4.74 Å². The average molecular weight is 364 g/mol. The molecule has 0 bridgehead atoms. The number of anilines is 3. The van der Waals surface area contributed by atoms with Gasteiger partial charge in [-0.25, -0.2) is 0 Å². The van der Waals surface area contributed by atoms with Gasteiger partial charge in [0, 0.05) is 29.4 Å². The van der Waals surface area contributed by atoms with Crippen molar-refractivity contribution in [2.45, 2.75) is 0 Å². The number of rotatable bonds is 6. The molecule has 0 aliphatic rings. The first-order valence-electron chi connectivity index (χ1n) is 6.79. The van der Waals surface area contributed by atoms with E-state index in [4.69, 9.17) is 10.5 Å². The van der Waals surface area contributed by atoms with Crippen LogP contribution < -0.4 is 16.4 Å². The zero-order chi connectivity index (χ0) is 15.9. The second kappa shape index (κ2) is 7.82. The maximum Gasteiger partial charge on any atom is 0.251 e. The molecule has 0 saturated heterocycles. The lowest BCUT2D eigenvalue weighted by Crippen LogP contribution is -2.27. The molecule has 0 unspecified atom stereocenters. The Bertz CT molecular complexity index is 644. The number of halogens is 1. The first kappa shape index (κ1) is 16.3. The highest BCUT2D eigenvalue weighted by atomic mass is 79.9. The summed E-state index contributed by atoms with van der Waals surface area (Å²) in [5, 5.41) is 5.98. The number of methoxy groups -OCH3 is 1. The number of nitrogen functional groups attached to an aromatic ring is 1. The van der Waals surface area contributed by atoms with Crippen molar-refractivity contribution in [2.75, 3.05) is 31.3 Å². The summed E-state index contributed by atoms with van der Waals surface area (Å²) in [7, 11) is 1.59. The van der Waals surface area contributed by atoms with Crippen molar-refractivity contribution in [3.8, 4) is 0 Å². The molecule has 2 aromatic rings. The number of hydrogen-bond donors (Lipinski definition) is 3. The van der Waals surface area contributed by atoms with Crippen molar-refractivity contribution < 1.29 is 9.53 Å². The molecule has 2 aromatic carbocycles. The number of nitrogens with one attached hydrogen (secondary N) is 2. The van der Waals surface area contributed by atoms with Crippen LogP contribution in [0, 0.1) is 0 Å². The van der Waals surface area contributed by atoms with E-state index in [-0.39, 0.29) is 5.91 Å². The van der Waals surface area contributed by atoms with Gasteiger partial charge in [0.1, 0.15) is 0 Å². The minimum atomic E-state index is -0.168. The molecule has 0 aliphatic heterocycles. The monoisotopic (exact) mass is 363 g/mol. The van der Waals surface area contributed by atoms with Crippen LogP contribution in [0.15, 0.2) is 46.9 Å². The highest BCUT2D eigenvalue weighted by Gasteiger charge is 2.08. The molecule has 0 radical (unpaired) electrons. The molecular weight excluding hydrogens is 346 g/mol. The van der Waals surface area contributed by atoms with Crippen molar-refractivity contribution in [1.29, 1.82) is 0 Å². The fourth-order valence-electron chi connectivity index (χ4n) is 1.88. The molecule has 0 spiro atoms. The summed E-state index contributed by atoms with van der Waals surface area (Å²) in [6.45, 7) is 0.943. The molecule has 0 aliphatic carbocycles. The Hall–Kier alpha value is -2.05. The molecule has 4 N–H and O–H groups in total. The molecule has 0 atom stereocenters. The van der Waals surface area contributed by atoms with E-state index in [9.17, 15) is 4.79 Å². The second-order valence-corrected chi connectivity index (χ2v) is 5.60. The zero-order valence-corrected chi connectivity index (χ0v) is 13.8. The Morgan fingerprint density at radius 1 is 1.23 bits per heavy atom. The summed E-state index contributed by atoms with van der Waals surface area (Å²) in [4.78, 5) is 11.9. The molecule has 0 fully saturated rings. The van der Waals surface area contributed by atoms with Gasteiger partial charge in [-0.2, -0.15) is 0 Å². The fourth-order valence-corrected chi connectivity index (χ4v) is 2.14. The van der Waals surface area contributed by atoms with E-state index in [0.717, 1.165) is 15.8 Å². The van der Waals surface area contributed by atoms with Gasteiger partial charge in [0.05, 0.1) is 18.0 Å². The van der Waals surface area contributed by atoms with Gasteiger partial charge in [-0.3, -0.25) is 4.79 Å². The summed E-state index contributed by atoms with van der Waals surface area (Å²) in [6, 6.07) is 12.9. The summed E-state index contributed by atoms with van der Waals surface area (Å²) >= 11 is 3.39. The Morgan fingerprint density at radius 2 is 1.95 bits per heavy atom. The third-order valence-electron chi connectivity index (χ3n) is 3.03. The Balaban J connectivity index is 2.06. The Morgan fingerprint density at radius 3 is 2.59 bits per heavy atom. The van der Waals surface area contributed by atoms with Crippen molar-refractivity contribution in [3.05, 3.63) is 52.5 Å². The van der Waals surface area contributed by atoms with E-state index >= 15 is 0 Å². The van der Waals surface area contributed by atoms with Crippen LogP contribution in [0.4, 0.5) is 17.1 Å². The van der Waals surface area contributed by atoms with Gasteiger partial charge in [-0.05, 0) is 42.5 Å². The Kier molecular flexibility index (Phi) is 5.80. The van der Waals surface area contributed by atoms with Gasteiger partial charge in [0.25, 0.3) is 5.91 Å². The van der Waals surface area contributed by atoms with Gasteiger partial charge < -0.3 is 21.1 Å². The normalized spacial score (nSPS) is 10.3. The lowest BCUT2D eigenvalue weighted by Gasteiger charge is -2.11. The van der Waals surface area contributed by atoms with Gasteiger partial charge in [-0.1, -0.05) is 15.9 Å². The van der Waals surface area contributed by atoms with E-state index in [0.29, 0.717) is 24.4 Å². The van der Waals surface area contributed by atoms with Crippen LogP contribution in [0.3, 0.4) is 0 Å². The molecule has 0 heterocycles. The minimum Gasteiger partial charge on any atom is -0.397 e. The minimum absolute atomic E-state index is 0.168. The third kappa shape index (κ3) is 4.47. The molecule has 22 heavy (non-hydrogen) atoms. The number of hydrogen-bond acceptors (Lipinski definition) is 4. The third-order valence-corrected chi connectivity index (χ3v) is 3.56. The maximum absolute atomic E-state index is 11.9. The topological polar surface area (TPSA) is 76.4 Å². The van der Waals surface area contributed by atoms with Crippen molar-refractivity contribution in [3.63, 3.8) is 0 Å². The molecule has 6 heteroatoms. The highest BCUT2D eigenvalue weighted by Crippen LogP contribution is 2.25. The number of carbonyl (C=O) groups excluding carboxylic acids is 1. The SMILES string of the molecule is COCCNC(=O)c1ccc(Nc2ccc(Br)cc2)c(N)c1. The van der Waals surface area contributed by atoms with Crippen molar-refractivity contribution in [2.24, 2.45) is 0 Å². The average Bonchev–Trinajstić information content (AvgIpc) is 2.51. The van der Waals surface area contributed by atoms with E-state index in [1.807, 2.05) is 24.3 Å². The van der Waals surface area contributed by atoms with Gasteiger partial charge >= 0.3 is 0 Å². The summed E-state index contributed by atoms with van der Waals surface area (Å²) in [5.41, 5.74) is 8.74. The maximum atomic E-state index is 11.9. The quantitative estimate of drug-likeness (QED) is 0.544. The fraction of sp³-hybridized carbons (Fsp3) is 0.188. The number of nitrogens with two attached hydrogens (primary N) is 1. The molecule has 0 aromatic heterocycles. The summed E-state index contributed by atoms with van der Waals surface area (Å²) in [5.74, 6) is -0.168. The number of amides is 1. The number of carbonyl (C=O) groups is 1. The lowest BCUT2D eigenvalue weighted by atomic mass is 10.1. The van der Waals surface area contributed by atoms with Gasteiger partial charge in [0.2, 0.25) is 0 Å². The standard InChI is InChI=1S/C16H18BrN3O2/c1-22-9-8-19-16(21)11-2-7-15(14(18)10-11)20-13-5-3-12(17)4-6-13/h2-7,10,20H,8-9,18H2,1H3,(H,19,21). The van der Waals surface area contributed by atoms with Crippen molar-refractivity contribution in [1.82, 2.24) is 5.32 Å². The highest BCUT2D eigenvalue weighted by molar-refractivity contribution is 9.10. The van der Waals surface area contributed by atoms with Crippen molar-refractivity contribution >= 4 is 38.9 Å². The van der Waals surface area contributed by atoms with E-state index in [2.05, 4.69) is 26.6 Å². The van der Waals surface area contributed by atoms with Gasteiger partial charge in [0.15, 0.2) is 0 Å². The van der Waals surface area contributed by atoms with Crippen LogP contribution in [0.5, 0.6) is 0 Å². The molecule has 0 saturated carbocycles. The van der Waals surface area contributed by atoms with Gasteiger partial charge in [-0.15, -0.1) is 0 Å². The van der Waals surface area contributed by atoms with E-state index in [1.165, 1.54) is 0 Å². The zero-order valence-electron chi connectivity index (χ0n) is 12.2. The van der Waals surface area contributed by atoms with Crippen LogP contribution in [-0.4, -0.2) is 26.2 Å². The lowest BCUT2D eigenvalue weighted by molar-refractivity contribution is 0.0937.